The van der Waals surface area contributed by atoms with E-state index in [4.69, 9.17) is 4.42 Å². The molecule has 79 heavy (non-hydrogen) atoms. The van der Waals surface area contributed by atoms with Gasteiger partial charge in [0.05, 0.1) is 22.7 Å². The summed E-state index contributed by atoms with van der Waals surface area (Å²) in [5, 5.41) is 0. The Bertz CT molecular complexity index is 3700. The van der Waals surface area contributed by atoms with E-state index in [1.807, 2.05) is 0 Å². The summed E-state index contributed by atoms with van der Waals surface area (Å²) in [5.41, 5.74) is 24.8. The molecule has 0 bridgehead atoms. The van der Waals surface area contributed by atoms with Crippen LogP contribution < -0.4 is 31.3 Å². The van der Waals surface area contributed by atoms with E-state index in [1.54, 1.807) is 0 Å². The normalized spacial score (nSPS) is 19.3. The van der Waals surface area contributed by atoms with Gasteiger partial charge < -0.3 is 19.1 Å². The van der Waals surface area contributed by atoms with Gasteiger partial charge in [-0.1, -0.05) is 195 Å². The maximum atomic E-state index is 8.01. The van der Waals surface area contributed by atoms with Crippen LogP contribution in [0.15, 0.2) is 156 Å². The zero-order valence-corrected chi connectivity index (χ0v) is 50.0. The fraction of sp³-hybridized carbons (Fsp3) is 0.378. The van der Waals surface area contributed by atoms with Crippen LogP contribution in [0.1, 0.15) is 182 Å². The first-order valence-electron chi connectivity index (χ1n) is 29.7. The molecule has 8 aromatic rings. The van der Waals surface area contributed by atoms with Gasteiger partial charge in [0.1, 0.15) is 5.76 Å². The molecule has 0 N–H and O–H groups in total. The van der Waals surface area contributed by atoms with Gasteiger partial charge in [0.15, 0.2) is 0 Å². The summed E-state index contributed by atoms with van der Waals surface area (Å²) in [7, 11) is 0. The number of hydrogen-bond acceptors (Lipinski definition) is 4. The van der Waals surface area contributed by atoms with Gasteiger partial charge in [-0.15, -0.1) is 0 Å². The van der Waals surface area contributed by atoms with E-state index in [0.29, 0.717) is 0 Å². The van der Waals surface area contributed by atoms with Gasteiger partial charge in [-0.05, 0) is 176 Å². The molecule has 7 aromatic carbocycles. The fourth-order valence-corrected chi connectivity index (χ4v) is 15.0. The van der Waals surface area contributed by atoms with Crippen LogP contribution in [0.25, 0.3) is 11.1 Å². The van der Waals surface area contributed by atoms with E-state index < -0.39 is 0 Å². The third-order valence-electron chi connectivity index (χ3n) is 20.0. The first-order valence-corrected chi connectivity index (χ1v) is 29.7. The highest BCUT2D eigenvalue weighted by Crippen LogP contribution is 2.59. The lowest BCUT2D eigenvalue weighted by Crippen LogP contribution is -2.62. The highest BCUT2D eigenvalue weighted by Gasteiger charge is 2.55. The standard InChI is InChI=1S/C74H82BN3O/c1-68(2,3)48-31-36-58(53(43-48)47-25-19-16-20-26-47)78-60-46-52(76(49-27-21-17-22-28-49)50-29-23-18-24-30-50)45-59-63(60)75(67-65(78)62-66(79-67)74(14,15)42-41-73(62,12)13)57-35-34-55-61(72(10,11)40-39-70(55,6)7)64(57)77(59)51-32-33-54-56(44-51)71(8,9)38-37-69(54,4)5/h16-36,43-46H,37-42H2,1-15H3. The average Bonchev–Trinajstić information content (AvgIpc) is 3.14. The van der Waals surface area contributed by atoms with Crippen molar-refractivity contribution in [1.82, 2.24) is 0 Å². The van der Waals surface area contributed by atoms with Gasteiger partial charge in [0.2, 0.25) is 0 Å². The molecule has 0 unspecified atom stereocenters. The Morgan fingerprint density at radius 1 is 0.443 bits per heavy atom. The molecule has 13 rings (SSSR count). The number of furan rings is 1. The van der Waals surface area contributed by atoms with Crippen LogP contribution in [0, 0.1) is 0 Å². The van der Waals surface area contributed by atoms with Crippen LogP contribution in [0.4, 0.5) is 51.2 Å². The molecule has 2 aliphatic heterocycles. The molecule has 0 amide bonds. The first-order chi connectivity index (χ1) is 37.3. The number of hydrogen-bond donors (Lipinski definition) is 0. The van der Waals surface area contributed by atoms with Gasteiger partial charge in [0, 0.05) is 50.7 Å². The minimum Gasteiger partial charge on any atom is -0.472 e. The second-order valence-electron chi connectivity index (χ2n) is 29.3. The van der Waals surface area contributed by atoms with Gasteiger partial charge >= 0.3 is 0 Å². The quantitative estimate of drug-likeness (QED) is 0.155. The highest BCUT2D eigenvalue weighted by atomic mass is 16.3. The molecule has 402 valence electrons. The Morgan fingerprint density at radius 2 is 0.962 bits per heavy atom. The van der Waals surface area contributed by atoms with Crippen molar-refractivity contribution in [3.63, 3.8) is 0 Å². The third-order valence-corrected chi connectivity index (χ3v) is 20.0. The lowest BCUT2D eigenvalue weighted by molar-refractivity contribution is 0.282. The van der Waals surface area contributed by atoms with Crippen LogP contribution in [-0.4, -0.2) is 6.71 Å². The molecule has 5 heteroatoms. The second kappa shape index (κ2) is 17.4. The van der Waals surface area contributed by atoms with E-state index in [2.05, 4.69) is 270 Å². The lowest BCUT2D eigenvalue weighted by atomic mass is 9.34. The van der Waals surface area contributed by atoms with Crippen LogP contribution >= 0.6 is 0 Å². The molecule has 1 aromatic heterocycles. The molecule has 0 radical (unpaired) electrons. The zero-order chi connectivity index (χ0) is 55.6. The number of fused-ring (bicyclic) bond motifs is 9. The van der Waals surface area contributed by atoms with Crippen LogP contribution in [0.3, 0.4) is 0 Å². The summed E-state index contributed by atoms with van der Waals surface area (Å²) >= 11 is 0. The van der Waals surface area contributed by atoms with E-state index in [9.17, 15) is 0 Å². The molecular formula is C74H82BN3O. The molecule has 0 spiro atoms. The molecule has 0 fully saturated rings. The van der Waals surface area contributed by atoms with Crippen molar-refractivity contribution in [1.29, 1.82) is 0 Å². The van der Waals surface area contributed by atoms with E-state index in [-0.39, 0.29) is 44.6 Å². The summed E-state index contributed by atoms with van der Waals surface area (Å²) in [4.78, 5) is 7.97. The number of anilines is 9. The molecule has 3 heterocycles. The van der Waals surface area contributed by atoms with Crippen molar-refractivity contribution in [3.05, 3.63) is 191 Å². The minimum atomic E-state index is -0.191. The molecular weight excluding hydrogens is 958 g/mol. The van der Waals surface area contributed by atoms with Crippen molar-refractivity contribution in [2.24, 2.45) is 0 Å². The van der Waals surface area contributed by atoms with Crippen molar-refractivity contribution in [2.75, 3.05) is 14.7 Å². The van der Waals surface area contributed by atoms with Crippen molar-refractivity contribution < 1.29 is 4.42 Å². The number of nitrogens with zero attached hydrogens (tertiary/aromatic N) is 3. The Morgan fingerprint density at radius 3 is 1.57 bits per heavy atom. The molecule has 0 saturated carbocycles. The van der Waals surface area contributed by atoms with E-state index in [1.165, 1.54) is 90.3 Å². The summed E-state index contributed by atoms with van der Waals surface area (Å²) in [5.74, 6) is 1.14. The zero-order valence-electron chi connectivity index (χ0n) is 50.0. The molecule has 0 atom stereocenters. The SMILES string of the molecule is CC(C)(C)c1ccc(N2c3cc(N(c4ccccc4)c4ccccc4)cc4c3B(c3ccc5c(c3N4c3ccc4c(c3)C(C)(C)CCC4(C)C)C(C)(C)CCC5(C)C)c3oc4c(c32)C(C)(C)CCC4(C)C)c(-c2ccccc2)c1. The van der Waals surface area contributed by atoms with Gasteiger partial charge in [-0.2, -0.15) is 0 Å². The topological polar surface area (TPSA) is 22.9 Å². The number of para-hydroxylation sites is 2. The number of rotatable bonds is 6. The predicted molar refractivity (Wildman–Crippen MR) is 337 cm³/mol. The van der Waals surface area contributed by atoms with Crippen LogP contribution in [0.5, 0.6) is 0 Å². The maximum absolute atomic E-state index is 8.01. The fourth-order valence-electron chi connectivity index (χ4n) is 15.0. The summed E-state index contributed by atoms with van der Waals surface area (Å²) in [6, 6.07) is 58.4. The van der Waals surface area contributed by atoms with E-state index >= 15 is 0 Å². The van der Waals surface area contributed by atoms with Crippen molar-refractivity contribution >= 4 is 74.5 Å². The Hall–Kier alpha value is -6.72. The Balaban J connectivity index is 1.24. The Labute approximate surface area is 473 Å². The maximum Gasteiger partial charge on any atom is 0.297 e. The van der Waals surface area contributed by atoms with Gasteiger partial charge in [-0.3, -0.25) is 0 Å². The summed E-state index contributed by atoms with van der Waals surface area (Å²) in [6.07, 6.45) is 6.67. The van der Waals surface area contributed by atoms with Crippen molar-refractivity contribution in [2.45, 2.75) is 180 Å². The van der Waals surface area contributed by atoms with Gasteiger partial charge in [-0.25, -0.2) is 0 Å². The predicted octanol–water partition coefficient (Wildman–Crippen LogP) is 18.8. The average molecular weight is 1040 g/mol. The lowest BCUT2D eigenvalue weighted by Gasteiger charge is -2.50. The smallest absolute Gasteiger partial charge is 0.297 e. The third kappa shape index (κ3) is 7.96. The van der Waals surface area contributed by atoms with Crippen molar-refractivity contribution in [3.8, 4) is 11.1 Å². The minimum absolute atomic E-state index is 0.00366. The highest BCUT2D eigenvalue weighted by molar-refractivity contribution is 6.99. The van der Waals surface area contributed by atoms with Crippen LogP contribution in [0.2, 0.25) is 0 Å². The monoisotopic (exact) mass is 1040 g/mol. The summed E-state index contributed by atoms with van der Waals surface area (Å²) in [6.45, 7) is 36.6. The van der Waals surface area contributed by atoms with Gasteiger partial charge in [0.25, 0.3) is 6.71 Å². The van der Waals surface area contributed by atoms with Crippen LogP contribution in [-0.2, 0) is 37.9 Å². The molecule has 0 saturated heterocycles. The molecule has 3 aliphatic carbocycles. The largest absolute Gasteiger partial charge is 0.472 e. The first kappa shape index (κ1) is 51.7. The molecule has 5 aliphatic rings. The van der Waals surface area contributed by atoms with E-state index in [0.717, 1.165) is 66.3 Å². The Kier molecular flexibility index (Phi) is 11.4. The second-order valence-corrected chi connectivity index (χ2v) is 29.3. The number of benzene rings is 7. The molecule has 4 nitrogen and oxygen atoms in total. The summed E-state index contributed by atoms with van der Waals surface area (Å²) < 4.78 is 8.01.